The molecule has 0 spiro atoms. The van der Waals surface area contributed by atoms with Crippen LogP contribution in [0, 0.1) is 0 Å². The van der Waals surface area contributed by atoms with Crippen LogP contribution in [0.5, 0.6) is 0 Å². The fourth-order valence-corrected chi connectivity index (χ4v) is 0.173. The van der Waals surface area contributed by atoms with Crippen molar-refractivity contribution >= 4 is 17.6 Å². The van der Waals surface area contributed by atoms with Crippen molar-refractivity contribution in [2.75, 3.05) is 12.9 Å². The van der Waals surface area contributed by atoms with E-state index in [4.69, 9.17) is 19.8 Å². The van der Waals surface area contributed by atoms with Gasteiger partial charge in [-0.2, -0.15) is 0 Å². The molecule has 8 heavy (non-hydrogen) atoms. The molecule has 0 bridgehead atoms. The Balaban J connectivity index is 5.18. The van der Waals surface area contributed by atoms with Gasteiger partial charge in [0.15, 0.2) is 0 Å². The lowest BCUT2D eigenvalue weighted by atomic mass is 10.3. The third kappa shape index (κ3) is 3.93. The second-order valence-electron chi connectivity index (χ2n) is 0.836. The lowest BCUT2D eigenvalue weighted by molar-refractivity contribution is -0.140. The number of halogens is 1. The molecule has 0 radical (unpaired) electrons. The van der Waals surface area contributed by atoms with Gasteiger partial charge in [0.05, 0.1) is 7.11 Å². The van der Waals surface area contributed by atoms with Gasteiger partial charge in [-0.1, -0.05) is 0 Å². The number of carbonyl (C=O) groups is 1. The molecule has 48 valence electrons. The lowest BCUT2D eigenvalue weighted by Gasteiger charge is -1.93. The van der Waals surface area contributed by atoms with Crippen molar-refractivity contribution in [3.63, 3.8) is 0 Å². The minimum atomic E-state index is -3.19. The predicted molar refractivity (Wildman–Crippen MR) is 32.0 cm³/mol. The molecule has 0 atom stereocenters. The van der Waals surface area contributed by atoms with E-state index in [0.717, 1.165) is 7.11 Å². The second kappa shape index (κ2) is 4.91. The van der Waals surface area contributed by atoms with Crippen LogP contribution in [0.25, 0.3) is 0 Å². The molecule has 0 aromatic carbocycles. The molecular formula is C5H9ClO2. The van der Waals surface area contributed by atoms with Crippen LogP contribution >= 0.6 is 11.6 Å². The van der Waals surface area contributed by atoms with Crippen LogP contribution in [-0.4, -0.2) is 18.9 Å². The summed E-state index contributed by atoms with van der Waals surface area (Å²) in [5.74, 6) is -4.52. The standard InChI is InChI=1S/C5H9ClO2/c1-8-5(7)3-2-4-6/h2-4H2,1H3/i2D2,3D2,4D2. The first kappa shape index (κ1) is 2.18. The maximum atomic E-state index is 10.9. The van der Waals surface area contributed by atoms with Gasteiger partial charge in [-0.25, -0.2) is 0 Å². The minimum absolute atomic E-state index is 0.875. The largest absolute Gasteiger partial charge is 0.469 e. The summed E-state index contributed by atoms with van der Waals surface area (Å²) in [6.07, 6.45) is -6.33. The number of rotatable bonds is 3. The SMILES string of the molecule is [2H]C([2H])(Cl)C([2H])([2H])C([2H])([2H])C(=O)OC. The lowest BCUT2D eigenvalue weighted by Crippen LogP contribution is -1.99. The average molecular weight is 143 g/mol. The molecule has 0 aliphatic rings. The molecule has 0 unspecified atom stereocenters. The van der Waals surface area contributed by atoms with Crippen molar-refractivity contribution in [2.24, 2.45) is 0 Å². The number of alkyl halides is 1. The summed E-state index contributed by atoms with van der Waals surface area (Å²) in [7, 11) is 0.875. The number of esters is 1. The van der Waals surface area contributed by atoms with E-state index >= 15 is 0 Å². The summed E-state index contributed by atoms with van der Waals surface area (Å²) in [4.78, 5) is 10.9. The molecule has 0 aromatic rings. The highest BCUT2D eigenvalue weighted by Gasteiger charge is 1.95. The molecule has 0 amide bonds. The van der Waals surface area contributed by atoms with Crippen LogP contribution in [0.15, 0.2) is 0 Å². The van der Waals surface area contributed by atoms with Gasteiger partial charge in [0.1, 0.15) is 0 Å². The quantitative estimate of drug-likeness (QED) is 0.437. The molecule has 0 fully saturated rings. The maximum Gasteiger partial charge on any atom is 0.305 e. The smallest absolute Gasteiger partial charge is 0.305 e. The van der Waals surface area contributed by atoms with Gasteiger partial charge >= 0.3 is 5.97 Å². The summed E-state index contributed by atoms with van der Waals surface area (Å²) < 4.78 is 46.1. The molecule has 0 saturated carbocycles. The zero-order valence-corrected chi connectivity index (χ0v) is 4.95. The Bertz CT molecular complexity index is 235. The normalized spacial score (nSPS) is 25.2. The Morgan fingerprint density at radius 3 is 3.00 bits per heavy atom. The van der Waals surface area contributed by atoms with Gasteiger partial charge in [0.25, 0.3) is 0 Å². The monoisotopic (exact) mass is 142 g/mol. The van der Waals surface area contributed by atoms with E-state index in [0.29, 0.717) is 0 Å². The van der Waals surface area contributed by atoms with Gasteiger partial charge in [-0.15, -0.1) is 11.6 Å². The molecule has 2 nitrogen and oxygen atoms in total. The van der Waals surface area contributed by atoms with Gasteiger partial charge in [-0.05, 0) is 6.37 Å². The van der Waals surface area contributed by atoms with Crippen LogP contribution in [0.4, 0.5) is 0 Å². The fourth-order valence-electron chi connectivity index (χ4n) is 0.126. The molecule has 0 aliphatic heterocycles. The highest BCUT2D eigenvalue weighted by molar-refractivity contribution is 6.17. The molecule has 0 N–H and O–H groups in total. The van der Waals surface area contributed by atoms with E-state index in [2.05, 4.69) is 4.74 Å². The zero-order valence-electron chi connectivity index (χ0n) is 10.2. The van der Waals surface area contributed by atoms with Crippen LogP contribution in [0.2, 0.25) is 0 Å². The van der Waals surface area contributed by atoms with Crippen molar-refractivity contribution in [3.05, 3.63) is 0 Å². The topological polar surface area (TPSA) is 26.3 Å². The highest BCUT2D eigenvalue weighted by Crippen LogP contribution is 1.92. The Kier molecular flexibility index (Phi) is 1.34. The Hall–Kier alpha value is -0.240. The fraction of sp³-hybridized carbons (Fsp3) is 0.800. The summed E-state index contributed by atoms with van der Waals surface area (Å²) in [5, 5.41) is 0. The maximum absolute atomic E-state index is 10.9. The summed E-state index contributed by atoms with van der Waals surface area (Å²) in [5.41, 5.74) is 0. The van der Waals surface area contributed by atoms with E-state index in [-0.39, 0.29) is 0 Å². The predicted octanol–water partition coefficient (Wildman–Crippen LogP) is 1.18. The van der Waals surface area contributed by atoms with Gasteiger partial charge in [-0.3, -0.25) is 4.79 Å². The molecule has 0 heterocycles. The van der Waals surface area contributed by atoms with E-state index in [9.17, 15) is 4.79 Å². The van der Waals surface area contributed by atoms with E-state index in [1.54, 1.807) is 0 Å². The molecule has 0 saturated heterocycles. The first-order valence-corrected chi connectivity index (χ1v) is 2.13. The van der Waals surface area contributed by atoms with Gasteiger partial charge < -0.3 is 4.74 Å². The third-order valence-electron chi connectivity index (χ3n) is 0.397. The van der Waals surface area contributed by atoms with Crippen LogP contribution in [0.1, 0.15) is 21.0 Å². The average Bonchev–Trinajstić information content (AvgIpc) is 2.00. The number of ether oxygens (including phenoxy) is 1. The molecule has 0 rings (SSSR count). The molecule has 3 heteroatoms. The molecule has 0 aliphatic carbocycles. The van der Waals surface area contributed by atoms with Crippen molar-refractivity contribution in [1.82, 2.24) is 0 Å². The number of carbonyl (C=O) groups excluding carboxylic acids is 1. The first-order chi connectivity index (χ1) is 5.98. The van der Waals surface area contributed by atoms with E-state index < -0.39 is 24.5 Å². The van der Waals surface area contributed by atoms with Crippen molar-refractivity contribution in [2.45, 2.75) is 12.7 Å². The first-order valence-electron chi connectivity index (χ1n) is 4.76. The second-order valence-corrected chi connectivity index (χ2v) is 1.03. The minimum Gasteiger partial charge on any atom is -0.469 e. The van der Waals surface area contributed by atoms with Gasteiger partial charge in [0, 0.05) is 20.4 Å². The highest BCUT2D eigenvalue weighted by atomic mass is 35.5. The Labute approximate surface area is 62.2 Å². The van der Waals surface area contributed by atoms with Crippen molar-refractivity contribution < 1.29 is 17.8 Å². The van der Waals surface area contributed by atoms with Crippen molar-refractivity contribution in [1.29, 1.82) is 0 Å². The summed E-state index contributed by atoms with van der Waals surface area (Å²) in [6.45, 7) is 0. The van der Waals surface area contributed by atoms with Crippen LogP contribution < -0.4 is 0 Å². The van der Waals surface area contributed by atoms with E-state index in [1.807, 2.05) is 0 Å². The van der Waals surface area contributed by atoms with Gasteiger partial charge in [0.2, 0.25) is 0 Å². The third-order valence-corrected chi connectivity index (χ3v) is 0.492. The number of hydrogen-bond acceptors (Lipinski definition) is 2. The summed E-state index contributed by atoms with van der Waals surface area (Å²) in [6, 6.07) is 0. The Morgan fingerprint density at radius 1 is 2.00 bits per heavy atom. The van der Waals surface area contributed by atoms with Crippen LogP contribution in [0.3, 0.4) is 0 Å². The number of methoxy groups -OCH3 is 1. The van der Waals surface area contributed by atoms with Crippen LogP contribution in [-0.2, 0) is 9.53 Å². The molecular weight excluding hydrogens is 128 g/mol. The molecule has 0 aromatic heterocycles. The number of hydrogen-bond donors (Lipinski definition) is 0. The van der Waals surface area contributed by atoms with E-state index in [1.165, 1.54) is 0 Å². The van der Waals surface area contributed by atoms with Crippen molar-refractivity contribution in [3.8, 4) is 0 Å². The Morgan fingerprint density at radius 2 is 2.62 bits per heavy atom. The summed E-state index contributed by atoms with van der Waals surface area (Å²) >= 11 is 5.02. The zero-order chi connectivity index (χ0) is 11.8.